The van der Waals surface area contributed by atoms with Crippen LogP contribution < -0.4 is 0 Å². The molecule has 4 aromatic rings. The Morgan fingerprint density at radius 2 is 1.42 bits per heavy atom. The highest BCUT2D eigenvalue weighted by atomic mass is 79.9. The lowest BCUT2D eigenvalue weighted by molar-refractivity contribution is 0.401. The van der Waals surface area contributed by atoms with Crippen LogP contribution in [0.1, 0.15) is 89.2 Å². The first-order valence-corrected chi connectivity index (χ1v) is 13.7. The number of fused-ring (bicyclic) bond motifs is 7. The minimum Gasteiger partial charge on any atom is -0.455 e. The van der Waals surface area contributed by atoms with Crippen molar-refractivity contribution in [2.45, 2.75) is 83.5 Å². The maximum atomic E-state index is 6.58. The highest BCUT2D eigenvalue weighted by Gasteiger charge is 2.44. The Morgan fingerprint density at radius 1 is 0.758 bits per heavy atom. The van der Waals surface area contributed by atoms with E-state index >= 15 is 0 Å². The van der Waals surface area contributed by atoms with Crippen molar-refractivity contribution in [3.8, 4) is 11.1 Å². The highest BCUT2D eigenvalue weighted by molar-refractivity contribution is 9.10. The Labute approximate surface area is 206 Å². The Kier molecular flexibility index (Phi) is 6.65. The molecule has 0 unspecified atom stereocenters. The van der Waals surface area contributed by atoms with E-state index in [0.29, 0.717) is 0 Å². The lowest BCUT2D eigenvalue weighted by atomic mass is 9.70. The molecule has 5 rings (SSSR count). The maximum Gasteiger partial charge on any atom is 0.144 e. The van der Waals surface area contributed by atoms with Gasteiger partial charge >= 0.3 is 0 Å². The molecule has 0 saturated carbocycles. The van der Waals surface area contributed by atoms with E-state index in [1.54, 1.807) is 0 Å². The van der Waals surface area contributed by atoms with Crippen molar-refractivity contribution in [3.63, 3.8) is 0 Å². The number of para-hydroxylation sites is 1. The van der Waals surface area contributed by atoms with Gasteiger partial charge in [0, 0.05) is 26.2 Å². The third-order valence-electron chi connectivity index (χ3n) is 7.74. The van der Waals surface area contributed by atoms with Crippen LogP contribution in [-0.4, -0.2) is 0 Å². The molecule has 1 nitrogen and oxygen atoms in total. The summed E-state index contributed by atoms with van der Waals surface area (Å²) in [5.41, 5.74) is 7.84. The largest absolute Gasteiger partial charge is 0.455 e. The summed E-state index contributed by atoms with van der Waals surface area (Å²) in [6.45, 7) is 4.60. The van der Waals surface area contributed by atoms with Crippen molar-refractivity contribution in [1.29, 1.82) is 0 Å². The average Bonchev–Trinajstić information content (AvgIpc) is 3.35. The normalized spacial score (nSPS) is 14.2. The molecule has 0 N–H and O–H groups in total. The van der Waals surface area contributed by atoms with Crippen molar-refractivity contribution in [2.24, 2.45) is 0 Å². The molecule has 0 aliphatic heterocycles. The van der Waals surface area contributed by atoms with E-state index in [0.717, 1.165) is 11.2 Å². The molecule has 0 amide bonds. The Balaban J connectivity index is 1.72. The fourth-order valence-electron chi connectivity index (χ4n) is 6.13. The van der Waals surface area contributed by atoms with Gasteiger partial charge in [0.1, 0.15) is 11.2 Å². The van der Waals surface area contributed by atoms with Crippen molar-refractivity contribution in [2.75, 3.05) is 0 Å². The monoisotopic (exact) mass is 502 g/mol. The summed E-state index contributed by atoms with van der Waals surface area (Å²) in [5, 5.41) is 2.41. The summed E-state index contributed by atoms with van der Waals surface area (Å²) < 4.78 is 7.75. The summed E-state index contributed by atoms with van der Waals surface area (Å²) in [6.07, 6.45) is 12.9. The molecule has 1 aromatic heterocycles. The fraction of sp³-hybridized carbons (Fsp3) is 0.419. The van der Waals surface area contributed by atoms with Crippen molar-refractivity contribution >= 4 is 37.9 Å². The number of benzene rings is 3. The standard InChI is InChI=1S/C31H35BrO/c1-3-5-7-13-19-31(20-14-8-6-4-2)24-17-11-9-15-22(24)28-25(31)21-26(32)29-23-16-10-12-18-27(23)33-30(28)29/h9-12,15-18,21H,3-8,13-14,19-20H2,1-2H3. The molecule has 0 bridgehead atoms. The molecule has 0 saturated heterocycles. The van der Waals surface area contributed by atoms with Gasteiger partial charge in [0.05, 0.1) is 0 Å². The number of unbranched alkanes of at least 4 members (excludes halogenated alkanes) is 6. The van der Waals surface area contributed by atoms with Crippen molar-refractivity contribution < 1.29 is 4.42 Å². The van der Waals surface area contributed by atoms with E-state index in [-0.39, 0.29) is 5.41 Å². The number of hydrogen-bond donors (Lipinski definition) is 0. The maximum absolute atomic E-state index is 6.58. The molecule has 0 fully saturated rings. The topological polar surface area (TPSA) is 13.1 Å². The van der Waals surface area contributed by atoms with Crippen LogP contribution in [0.2, 0.25) is 0 Å². The zero-order valence-electron chi connectivity index (χ0n) is 20.1. The number of rotatable bonds is 10. The molecular formula is C31H35BrO. The lowest BCUT2D eigenvalue weighted by Gasteiger charge is -2.33. The third kappa shape index (κ3) is 3.85. The highest BCUT2D eigenvalue weighted by Crippen LogP contribution is 2.58. The third-order valence-corrected chi connectivity index (χ3v) is 8.37. The molecule has 1 aliphatic rings. The van der Waals surface area contributed by atoms with Crippen LogP contribution in [0.15, 0.2) is 63.5 Å². The predicted molar refractivity (Wildman–Crippen MR) is 145 cm³/mol. The van der Waals surface area contributed by atoms with Gasteiger partial charge < -0.3 is 4.42 Å². The van der Waals surface area contributed by atoms with Gasteiger partial charge in [0.2, 0.25) is 0 Å². The van der Waals surface area contributed by atoms with Crippen molar-refractivity contribution in [1.82, 2.24) is 0 Å². The Bertz CT molecular complexity index is 1250. The first-order valence-electron chi connectivity index (χ1n) is 13.0. The second kappa shape index (κ2) is 9.66. The van der Waals surface area contributed by atoms with Crippen molar-refractivity contribution in [3.05, 3.63) is 70.2 Å². The Hall–Kier alpha value is -2.06. The van der Waals surface area contributed by atoms with Gasteiger partial charge in [0.25, 0.3) is 0 Å². The molecule has 1 aliphatic carbocycles. The molecule has 0 radical (unpaired) electrons. The summed E-state index contributed by atoms with van der Waals surface area (Å²) in [4.78, 5) is 0. The summed E-state index contributed by atoms with van der Waals surface area (Å²) in [5.74, 6) is 0. The van der Waals surface area contributed by atoms with Gasteiger partial charge in [-0.3, -0.25) is 0 Å². The number of halogens is 1. The van der Waals surface area contributed by atoms with E-state index in [9.17, 15) is 0 Å². The number of hydrogen-bond acceptors (Lipinski definition) is 1. The van der Waals surface area contributed by atoms with E-state index < -0.39 is 0 Å². The first-order chi connectivity index (χ1) is 16.2. The zero-order chi connectivity index (χ0) is 22.8. The van der Waals surface area contributed by atoms with E-state index in [1.165, 1.54) is 102 Å². The van der Waals surface area contributed by atoms with Crippen LogP contribution in [-0.2, 0) is 5.41 Å². The summed E-state index contributed by atoms with van der Waals surface area (Å²) >= 11 is 3.97. The van der Waals surface area contributed by atoms with E-state index in [4.69, 9.17) is 4.42 Å². The molecule has 2 heteroatoms. The van der Waals surface area contributed by atoms with E-state index in [1.807, 2.05) is 0 Å². The molecule has 33 heavy (non-hydrogen) atoms. The Morgan fingerprint density at radius 3 is 2.15 bits per heavy atom. The second-order valence-electron chi connectivity index (χ2n) is 9.83. The summed E-state index contributed by atoms with van der Waals surface area (Å²) in [6, 6.07) is 20.1. The quantitative estimate of drug-likeness (QED) is 0.196. The average molecular weight is 504 g/mol. The molecule has 0 atom stereocenters. The predicted octanol–water partition coefficient (Wildman–Crippen LogP) is 10.6. The van der Waals surface area contributed by atoms with Gasteiger partial charge in [-0.05, 0) is 41.7 Å². The smallest absolute Gasteiger partial charge is 0.144 e. The zero-order valence-corrected chi connectivity index (χ0v) is 21.6. The molecule has 3 aromatic carbocycles. The minimum absolute atomic E-state index is 0.0864. The van der Waals surface area contributed by atoms with Gasteiger partial charge in [-0.25, -0.2) is 0 Å². The van der Waals surface area contributed by atoms with Crippen LogP contribution in [0.3, 0.4) is 0 Å². The van der Waals surface area contributed by atoms with Gasteiger partial charge in [0.15, 0.2) is 0 Å². The van der Waals surface area contributed by atoms with E-state index in [2.05, 4.69) is 84.4 Å². The van der Waals surface area contributed by atoms with Crippen LogP contribution in [0.4, 0.5) is 0 Å². The van der Waals surface area contributed by atoms with Gasteiger partial charge in [-0.2, -0.15) is 0 Å². The van der Waals surface area contributed by atoms with Crippen LogP contribution >= 0.6 is 15.9 Å². The number of furan rings is 1. The van der Waals surface area contributed by atoms with Gasteiger partial charge in [-0.15, -0.1) is 0 Å². The summed E-state index contributed by atoms with van der Waals surface area (Å²) in [7, 11) is 0. The molecular weight excluding hydrogens is 468 g/mol. The van der Waals surface area contributed by atoms with Crippen LogP contribution in [0.25, 0.3) is 33.1 Å². The lowest BCUT2D eigenvalue weighted by Crippen LogP contribution is -2.25. The molecule has 0 spiro atoms. The van der Waals surface area contributed by atoms with Crippen LogP contribution in [0, 0.1) is 0 Å². The first kappa shape index (κ1) is 22.7. The minimum atomic E-state index is 0.0864. The molecule has 1 heterocycles. The van der Waals surface area contributed by atoms with Crippen LogP contribution in [0.5, 0.6) is 0 Å². The fourth-order valence-corrected chi connectivity index (χ4v) is 6.75. The van der Waals surface area contributed by atoms with Gasteiger partial charge in [-0.1, -0.05) is 124 Å². The second-order valence-corrected chi connectivity index (χ2v) is 10.7. The SMILES string of the molecule is CCCCCCC1(CCCCCC)c2ccccc2-c2c1cc(Br)c1c2oc2ccccc21. The molecule has 172 valence electrons.